The van der Waals surface area contributed by atoms with Gasteiger partial charge in [0.05, 0.1) is 0 Å². The largest absolute Gasteiger partial charge is 0.443 e. The van der Waals surface area contributed by atoms with E-state index < -0.39 is 0 Å². The van der Waals surface area contributed by atoms with Crippen LogP contribution in [0.5, 0.6) is 0 Å². The Labute approximate surface area is 157 Å². The number of rotatable bonds is 4. The number of anilines is 4. The number of hydrogen-bond donors (Lipinski definition) is 2. The highest BCUT2D eigenvalue weighted by atomic mass is 16.3. The highest BCUT2D eigenvalue weighted by Gasteiger charge is 2.09. The van der Waals surface area contributed by atoms with Gasteiger partial charge in [0.15, 0.2) is 12.0 Å². The van der Waals surface area contributed by atoms with Crippen LogP contribution in [0.25, 0.3) is 11.1 Å². The Morgan fingerprint density at radius 2 is 1.52 bits per heavy atom. The van der Waals surface area contributed by atoms with E-state index in [4.69, 9.17) is 4.42 Å². The highest BCUT2D eigenvalue weighted by molar-refractivity contribution is 5.81. The van der Waals surface area contributed by atoms with Crippen molar-refractivity contribution in [2.24, 2.45) is 0 Å². The summed E-state index contributed by atoms with van der Waals surface area (Å²) in [6.07, 6.45) is 3.27. The number of fused-ring (bicyclic) bond motifs is 1. The minimum Gasteiger partial charge on any atom is -0.443 e. The molecule has 2 N–H and O–H groups in total. The SMILES string of the molecule is Cc1cc(C)cc(Nc2ncc(C)c(Nc3cc(C)c4ocnc4c3)n2)c1. The van der Waals surface area contributed by atoms with Crippen molar-refractivity contribution in [3.63, 3.8) is 0 Å². The fourth-order valence-electron chi connectivity index (χ4n) is 3.15. The molecule has 0 aliphatic heterocycles. The average molecular weight is 359 g/mol. The van der Waals surface area contributed by atoms with E-state index in [1.807, 2.05) is 32.2 Å². The number of hydrogen-bond acceptors (Lipinski definition) is 6. The number of nitrogens with zero attached hydrogens (tertiary/aromatic N) is 3. The quantitative estimate of drug-likeness (QED) is 0.512. The lowest BCUT2D eigenvalue weighted by Crippen LogP contribution is -2.03. The Kier molecular flexibility index (Phi) is 4.24. The maximum absolute atomic E-state index is 5.41. The molecule has 4 rings (SSSR count). The molecule has 2 aromatic carbocycles. The summed E-state index contributed by atoms with van der Waals surface area (Å²) < 4.78 is 5.41. The molecular formula is C21H21N5O. The molecule has 2 heterocycles. The van der Waals surface area contributed by atoms with E-state index in [2.05, 4.69) is 57.6 Å². The standard InChI is InChI=1S/C21H21N5O/c1-12-5-13(2)7-16(6-12)25-21-22-10-15(4)20(26-21)24-17-8-14(3)19-18(9-17)23-11-27-19/h5-11H,1-4H3,(H2,22,24,25,26). The van der Waals surface area contributed by atoms with Crippen molar-refractivity contribution in [3.8, 4) is 0 Å². The van der Waals surface area contributed by atoms with Gasteiger partial charge in [-0.1, -0.05) is 6.07 Å². The van der Waals surface area contributed by atoms with Gasteiger partial charge in [-0.3, -0.25) is 0 Å². The van der Waals surface area contributed by atoms with E-state index in [1.54, 1.807) is 0 Å². The molecule has 4 aromatic rings. The lowest BCUT2D eigenvalue weighted by atomic mass is 10.1. The normalized spacial score (nSPS) is 11.0. The molecule has 0 unspecified atom stereocenters. The van der Waals surface area contributed by atoms with Crippen LogP contribution in [-0.4, -0.2) is 15.0 Å². The average Bonchev–Trinajstić information content (AvgIpc) is 3.06. The predicted octanol–water partition coefficient (Wildman–Crippen LogP) is 5.34. The second-order valence-electron chi connectivity index (χ2n) is 6.85. The second kappa shape index (κ2) is 6.72. The minimum absolute atomic E-state index is 0.548. The molecule has 0 saturated heterocycles. The van der Waals surface area contributed by atoms with Gasteiger partial charge in [-0.15, -0.1) is 0 Å². The Hall–Kier alpha value is -3.41. The fourth-order valence-corrected chi connectivity index (χ4v) is 3.15. The van der Waals surface area contributed by atoms with E-state index in [0.29, 0.717) is 5.95 Å². The number of oxazole rings is 1. The summed E-state index contributed by atoms with van der Waals surface area (Å²) in [4.78, 5) is 13.3. The molecule has 0 aliphatic carbocycles. The van der Waals surface area contributed by atoms with Crippen LogP contribution in [0.3, 0.4) is 0 Å². The first kappa shape index (κ1) is 17.0. The molecule has 6 nitrogen and oxygen atoms in total. The predicted molar refractivity (Wildman–Crippen MR) is 108 cm³/mol. The third-order valence-corrected chi connectivity index (χ3v) is 4.33. The Morgan fingerprint density at radius 3 is 2.30 bits per heavy atom. The van der Waals surface area contributed by atoms with Crippen LogP contribution in [-0.2, 0) is 0 Å². The van der Waals surface area contributed by atoms with E-state index in [1.165, 1.54) is 17.5 Å². The molecule has 0 aliphatic rings. The van der Waals surface area contributed by atoms with Gasteiger partial charge in [0, 0.05) is 23.1 Å². The van der Waals surface area contributed by atoms with Crippen molar-refractivity contribution in [1.82, 2.24) is 15.0 Å². The van der Waals surface area contributed by atoms with Gasteiger partial charge in [-0.2, -0.15) is 4.98 Å². The molecule has 2 aromatic heterocycles. The summed E-state index contributed by atoms with van der Waals surface area (Å²) in [7, 11) is 0. The van der Waals surface area contributed by atoms with E-state index in [9.17, 15) is 0 Å². The van der Waals surface area contributed by atoms with Crippen LogP contribution in [0.4, 0.5) is 23.1 Å². The van der Waals surface area contributed by atoms with Crippen LogP contribution in [0.2, 0.25) is 0 Å². The molecule has 0 atom stereocenters. The number of aromatic nitrogens is 3. The zero-order valence-corrected chi connectivity index (χ0v) is 15.8. The first-order chi connectivity index (χ1) is 13.0. The molecule has 0 saturated carbocycles. The van der Waals surface area contributed by atoms with Gasteiger partial charge >= 0.3 is 0 Å². The molecule has 6 heteroatoms. The number of nitrogens with one attached hydrogen (secondary N) is 2. The van der Waals surface area contributed by atoms with Gasteiger partial charge < -0.3 is 15.1 Å². The molecule has 0 radical (unpaired) electrons. The summed E-state index contributed by atoms with van der Waals surface area (Å²) in [6, 6.07) is 10.3. The molecule has 136 valence electrons. The van der Waals surface area contributed by atoms with Crippen LogP contribution in [0, 0.1) is 27.7 Å². The fraction of sp³-hybridized carbons (Fsp3) is 0.190. The monoisotopic (exact) mass is 359 g/mol. The molecular weight excluding hydrogens is 338 g/mol. The maximum atomic E-state index is 5.41. The van der Waals surface area contributed by atoms with Crippen molar-refractivity contribution in [2.75, 3.05) is 10.6 Å². The van der Waals surface area contributed by atoms with Crippen molar-refractivity contribution < 1.29 is 4.42 Å². The second-order valence-corrected chi connectivity index (χ2v) is 6.85. The van der Waals surface area contributed by atoms with Crippen LogP contribution >= 0.6 is 0 Å². The van der Waals surface area contributed by atoms with Crippen molar-refractivity contribution in [2.45, 2.75) is 27.7 Å². The molecule has 0 spiro atoms. The number of aryl methyl sites for hydroxylation is 4. The zero-order valence-electron chi connectivity index (χ0n) is 15.8. The Bertz CT molecular complexity index is 1110. The Morgan fingerprint density at radius 1 is 0.778 bits per heavy atom. The van der Waals surface area contributed by atoms with Crippen LogP contribution in [0.15, 0.2) is 47.3 Å². The lowest BCUT2D eigenvalue weighted by molar-refractivity contribution is 0.600. The first-order valence-electron chi connectivity index (χ1n) is 8.78. The van der Waals surface area contributed by atoms with E-state index in [-0.39, 0.29) is 0 Å². The van der Waals surface area contributed by atoms with Crippen molar-refractivity contribution in [1.29, 1.82) is 0 Å². The maximum Gasteiger partial charge on any atom is 0.229 e. The summed E-state index contributed by atoms with van der Waals surface area (Å²) in [6.45, 7) is 8.12. The molecule has 0 amide bonds. The minimum atomic E-state index is 0.548. The highest BCUT2D eigenvalue weighted by Crippen LogP contribution is 2.26. The molecule has 27 heavy (non-hydrogen) atoms. The third-order valence-electron chi connectivity index (χ3n) is 4.33. The van der Waals surface area contributed by atoms with Gasteiger partial charge in [0.25, 0.3) is 0 Å². The van der Waals surface area contributed by atoms with Crippen molar-refractivity contribution in [3.05, 3.63) is 65.2 Å². The van der Waals surface area contributed by atoms with Gasteiger partial charge in [0.2, 0.25) is 5.95 Å². The van der Waals surface area contributed by atoms with Gasteiger partial charge in [-0.05, 0) is 68.7 Å². The topological polar surface area (TPSA) is 75.9 Å². The van der Waals surface area contributed by atoms with Crippen LogP contribution < -0.4 is 10.6 Å². The number of benzene rings is 2. The van der Waals surface area contributed by atoms with Crippen molar-refractivity contribution >= 4 is 34.2 Å². The smallest absolute Gasteiger partial charge is 0.229 e. The summed E-state index contributed by atoms with van der Waals surface area (Å²) in [5.74, 6) is 1.30. The van der Waals surface area contributed by atoms with E-state index in [0.717, 1.165) is 39.4 Å². The first-order valence-corrected chi connectivity index (χ1v) is 8.78. The zero-order chi connectivity index (χ0) is 19.0. The Balaban J connectivity index is 1.63. The summed E-state index contributed by atoms with van der Waals surface area (Å²) in [5, 5.41) is 6.66. The molecule has 0 bridgehead atoms. The third kappa shape index (κ3) is 3.60. The van der Waals surface area contributed by atoms with E-state index >= 15 is 0 Å². The van der Waals surface area contributed by atoms with Crippen LogP contribution in [0.1, 0.15) is 22.3 Å². The summed E-state index contributed by atoms with van der Waals surface area (Å²) in [5.41, 5.74) is 7.87. The lowest BCUT2D eigenvalue weighted by Gasteiger charge is -2.12. The summed E-state index contributed by atoms with van der Waals surface area (Å²) >= 11 is 0. The van der Waals surface area contributed by atoms with Gasteiger partial charge in [0.1, 0.15) is 11.3 Å². The van der Waals surface area contributed by atoms with Gasteiger partial charge in [-0.25, -0.2) is 9.97 Å². The molecule has 0 fully saturated rings.